The van der Waals surface area contributed by atoms with Crippen LogP contribution in [0, 0.1) is 139 Å². The zero-order valence-corrected chi connectivity index (χ0v) is 56.0. The lowest BCUT2D eigenvalue weighted by molar-refractivity contribution is -0.164. The Bertz CT molecular complexity index is 2470. The second-order valence-corrected chi connectivity index (χ2v) is 36.0. The van der Waals surface area contributed by atoms with E-state index < -0.39 is 26.8 Å². The van der Waals surface area contributed by atoms with Crippen molar-refractivity contribution in [3.05, 3.63) is 0 Å². The predicted molar refractivity (Wildman–Crippen MR) is 334 cm³/mol. The van der Waals surface area contributed by atoms with Gasteiger partial charge in [0.1, 0.15) is 0 Å². The number of aliphatic carboxylic acids is 1. The van der Waals surface area contributed by atoms with E-state index in [2.05, 4.69) is 70.7 Å². The first-order valence-electron chi connectivity index (χ1n) is 35.7. The molecule has 0 amide bonds. The molecule has 9 unspecified atom stereocenters. The number of fused-ring (bicyclic) bond motifs is 15. The molecule has 0 saturated heterocycles. The van der Waals surface area contributed by atoms with Gasteiger partial charge in [-0.3, -0.25) is 13.9 Å². The van der Waals surface area contributed by atoms with Crippen LogP contribution >= 0.6 is 0 Å². The average Bonchev–Trinajstić information content (AvgIpc) is 1.38. The molecule has 0 aromatic heterocycles. The van der Waals surface area contributed by atoms with Crippen LogP contribution in [0.25, 0.3) is 0 Å². The number of carboxylic acids is 1. The molecule has 0 bridgehead atoms. The maximum absolute atomic E-state index is 11.3. The standard InChI is InChI=1S/C24H42O5S.C24H42O4S.C23H38O2/c1-16(7-6-14-29-30(26,27)28)18-9-10-19-22-20(11-13-24(18,19)3)23(2)12-5-4-8-17(23)15-21(22)25;1-17(7-6-16-28-29(25,26)27)20-11-12-21-19-10-9-18-8-4-5-14-23(18,2)22(19)13-15-24(20,21)3;1-15(14-21(24)25)18-9-10-19-17-8-7-16-6-4-5-12-22(16,2)20(17)11-13-23(18,19)3/h16-22,25H,4-15H2,1-3H3,(H,26,27,28);17-22H,4-16H2,1-3H3,(H,25,26,27);15-20H,4-14H2,1-3H3,(H,24,25)/t16-,17+,18-,19?,20?,21-,22?,23+,24-;17-,18+,19?,20-,21?,22?,23+,24-;15-,16+,17?,18-,19?,20?,22+,23-/m111/s1. The van der Waals surface area contributed by atoms with E-state index >= 15 is 0 Å². The predicted octanol–water partition coefficient (Wildman–Crippen LogP) is 17.7. The molecule has 12 saturated carbocycles. The lowest BCUT2D eigenvalue weighted by atomic mass is 9.44. The molecular weight excluding hydrogens is 1090 g/mol. The van der Waals surface area contributed by atoms with Gasteiger partial charge in [0.05, 0.1) is 19.3 Å². The summed E-state index contributed by atoms with van der Waals surface area (Å²) in [6.07, 6.45) is 43.4. The maximum atomic E-state index is 11.3. The smallest absolute Gasteiger partial charge is 0.397 e. The van der Waals surface area contributed by atoms with Crippen LogP contribution in [0.1, 0.15) is 281 Å². The summed E-state index contributed by atoms with van der Waals surface area (Å²) in [5.41, 5.74) is 2.81. The van der Waals surface area contributed by atoms with E-state index in [1.54, 1.807) is 0 Å². The molecule has 0 aromatic rings. The van der Waals surface area contributed by atoms with Gasteiger partial charge in [-0.15, -0.1) is 0 Å². The third-order valence-corrected chi connectivity index (χ3v) is 31.5. The van der Waals surface area contributed by atoms with Crippen LogP contribution in [0.5, 0.6) is 0 Å². The van der Waals surface area contributed by atoms with Crippen molar-refractivity contribution in [2.75, 3.05) is 13.2 Å². The summed E-state index contributed by atoms with van der Waals surface area (Å²) >= 11 is 0. The average molecular weight is 1220 g/mol. The van der Waals surface area contributed by atoms with Gasteiger partial charge in [0, 0.05) is 6.42 Å². The highest BCUT2D eigenvalue weighted by Gasteiger charge is 2.64. The Kier molecular flexibility index (Phi) is 20.2. The fraction of sp³-hybridized carbons (Fsp3) is 0.986. The molecule has 0 aliphatic heterocycles. The van der Waals surface area contributed by atoms with Crippen molar-refractivity contribution in [2.45, 2.75) is 287 Å². The molecule has 13 heteroatoms. The SMILES string of the molecule is C[C@H](CC(=O)O)[C@H]1CCC2C3CC[C@@H]4CCCC[C@]4(C)C3CC[C@@]21C.C[C@H](CCCOS(=O)(=O)O)[C@H]1CCC2C3C(CC[C@@]21C)[C@@]1(C)CCCC[C@H]1C[C@H]3O.C[C@H](CCCOS(=O)(=O)O)[C@H]1CCC2C3CC[C@@H]4CCCC[C@]4(C)C3CC[C@@]21C. The summed E-state index contributed by atoms with van der Waals surface area (Å²) in [6, 6.07) is 0. The number of rotatable bonds is 15. The van der Waals surface area contributed by atoms with Gasteiger partial charge >= 0.3 is 26.8 Å². The summed E-state index contributed by atoms with van der Waals surface area (Å²) in [4.78, 5) is 11.3. The molecule has 12 aliphatic carbocycles. The fourth-order valence-electron chi connectivity index (χ4n) is 26.7. The molecule has 12 aliphatic rings. The molecule has 4 N–H and O–H groups in total. The van der Waals surface area contributed by atoms with Gasteiger partial charge in [-0.2, -0.15) is 16.8 Å². The summed E-state index contributed by atoms with van der Waals surface area (Å²) in [5.74, 6) is 12.8. The van der Waals surface area contributed by atoms with E-state index in [1.165, 1.54) is 180 Å². The zero-order chi connectivity index (χ0) is 60.4. The number of carboxylic acid groups (broad SMARTS) is 1. The van der Waals surface area contributed by atoms with Gasteiger partial charge in [-0.25, -0.2) is 8.37 Å². The number of hydrogen-bond acceptors (Lipinski definition) is 8. The summed E-state index contributed by atoms with van der Waals surface area (Å²) in [5, 5.41) is 20.6. The van der Waals surface area contributed by atoms with Gasteiger partial charge in [0.15, 0.2) is 0 Å². The van der Waals surface area contributed by atoms with Crippen LogP contribution < -0.4 is 0 Å². The van der Waals surface area contributed by atoms with Crippen molar-refractivity contribution in [1.82, 2.24) is 0 Å². The van der Waals surface area contributed by atoms with Gasteiger partial charge in [0.25, 0.3) is 0 Å². The first-order valence-corrected chi connectivity index (χ1v) is 38.4. The van der Waals surface area contributed by atoms with Gasteiger partial charge in [-0.1, -0.05) is 101 Å². The molecule has 11 nitrogen and oxygen atoms in total. The molecular formula is C71H122O11S2. The van der Waals surface area contributed by atoms with Crippen LogP contribution in [-0.4, -0.2) is 61.4 Å². The molecule has 0 heterocycles. The maximum Gasteiger partial charge on any atom is 0.397 e. The Hall–Kier alpha value is -0.830. The number of hydrogen-bond donors (Lipinski definition) is 4. The lowest BCUT2D eigenvalue weighted by Gasteiger charge is -2.62. The normalized spacial score (nSPS) is 47.7. The Morgan fingerprint density at radius 2 is 0.798 bits per heavy atom. The summed E-state index contributed by atoms with van der Waals surface area (Å²) in [7, 11) is -8.64. The van der Waals surface area contributed by atoms with Gasteiger partial charge in [-0.05, 0) is 312 Å². The lowest BCUT2D eigenvalue weighted by Crippen LogP contribution is -2.57. The van der Waals surface area contributed by atoms with Crippen LogP contribution in [0.2, 0.25) is 0 Å². The van der Waals surface area contributed by atoms with E-state index in [-0.39, 0.29) is 24.7 Å². The van der Waals surface area contributed by atoms with Crippen molar-refractivity contribution in [1.29, 1.82) is 0 Å². The minimum atomic E-state index is -4.34. The molecule has 25 atom stereocenters. The Morgan fingerprint density at radius 1 is 0.440 bits per heavy atom. The van der Waals surface area contributed by atoms with Crippen molar-refractivity contribution in [3.8, 4) is 0 Å². The Labute approximate surface area is 512 Å². The van der Waals surface area contributed by atoms with Crippen molar-refractivity contribution in [2.24, 2.45) is 139 Å². The second kappa shape index (κ2) is 25.7. The van der Waals surface area contributed by atoms with Crippen LogP contribution in [0.4, 0.5) is 0 Å². The monoisotopic (exact) mass is 1210 g/mol. The molecule has 0 aromatic carbocycles. The van der Waals surface area contributed by atoms with Crippen LogP contribution in [0.3, 0.4) is 0 Å². The minimum absolute atomic E-state index is 0.0548. The van der Waals surface area contributed by atoms with E-state index in [4.69, 9.17) is 9.11 Å². The second-order valence-electron chi connectivity index (χ2n) is 33.8. The van der Waals surface area contributed by atoms with E-state index in [0.717, 1.165) is 72.5 Å². The first kappa shape index (κ1) is 66.1. The Morgan fingerprint density at radius 3 is 1.23 bits per heavy atom. The van der Waals surface area contributed by atoms with Gasteiger partial charge < -0.3 is 10.2 Å². The zero-order valence-electron chi connectivity index (χ0n) is 54.4. The number of aliphatic hydroxyl groups is 1. The molecule has 12 rings (SSSR count). The highest BCUT2D eigenvalue weighted by molar-refractivity contribution is 7.81. The molecule has 484 valence electrons. The highest BCUT2D eigenvalue weighted by Crippen LogP contribution is 2.72. The fourth-order valence-corrected chi connectivity index (χ4v) is 27.4. The van der Waals surface area contributed by atoms with Crippen LogP contribution in [0.15, 0.2) is 0 Å². The highest BCUT2D eigenvalue weighted by atomic mass is 32.3. The third-order valence-electron chi connectivity index (χ3n) is 30.6. The molecule has 0 spiro atoms. The Balaban J connectivity index is 0.000000141. The van der Waals surface area contributed by atoms with Crippen molar-refractivity contribution >= 4 is 26.8 Å². The van der Waals surface area contributed by atoms with Crippen LogP contribution in [-0.2, 0) is 34.0 Å². The largest absolute Gasteiger partial charge is 0.481 e. The topological polar surface area (TPSA) is 185 Å². The summed E-state index contributed by atoms with van der Waals surface area (Å²) in [6.45, 7) is 22.5. The quantitative estimate of drug-likeness (QED) is 0.0903. The summed E-state index contributed by atoms with van der Waals surface area (Å²) < 4.78 is 69.6. The molecule has 0 radical (unpaired) electrons. The van der Waals surface area contributed by atoms with E-state index in [9.17, 15) is 31.8 Å². The minimum Gasteiger partial charge on any atom is -0.481 e. The van der Waals surface area contributed by atoms with Crippen molar-refractivity contribution in [3.63, 3.8) is 0 Å². The third kappa shape index (κ3) is 12.8. The van der Waals surface area contributed by atoms with E-state index in [0.29, 0.717) is 99.6 Å². The van der Waals surface area contributed by atoms with E-state index in [1.807, 2.05) is 0 Å². The van der Waals surface area contributed by atoms with Crippen molar-refractivity contribution < 1.29 is 49.3 Å². The number of carbonyl (C=O) groups is 1. The molecule has 84 heavy (non-hydrogen) atoms. The molecule has 12 fully saturated rings. The number of aliphatic hydroxyl groups excluding tert-OH is 1. The first-order chi connectivity index (χ1) is 39.6. The van der Waals surface area contributed by atoms with Gasteiger partial charge in [0.2, 0.25) is 0 Å².